The highest BCUT2D eigenvalue weighted by Crippen LogP contribution is 2.29. The van der Waals surface area contributed by atoms with Crippen molar-refractivity contribution < 1.29 is 13.9 Å². The van der Waals surface area contributed by atoms with Gasteiger partial charge in [0.15, 0.2) is 0 Å². The Morgan fingerprint density at radius 1 is 1.00 bits per heavy atom. The molecule has 0 saturated carbocycles. The van der Waals surface area contributed by atoms with Crippen molar-refractivity contribution in [3.05, 3.63) is 65.5 Å². The lowest BCUT2D eigenvalue weighted by Crippen LogP contribution is -2.42. The summed E-state index contributed by atoms with van der Waals surface area (Å²) in [5.74, 6) is 1.14. The van der Waals surface area contributed by atoms with Gasteiger partial charge in [0.1, 0.15) is 17.7 Å². The number of hydrogen-bond acceptors (Lipinski definition) is 2. The molecule has 1 aliphatic heterocycles. The first kappa shape index (κ1) is 17.1. The summed E-state index contributed by atoms with van der Waals surface area (Å²) in [6.07, 6.45) is 4.43. The molecule has 2 aliphatic rings. The van der Waals surface area contributed by atoms with Gasteiger partial charge in [-0.05, 0) is 54.2 Å². The molecule has 1 aliphatic carbocycles. The van der Waals surface area contributed by atoms with E-state index in [0.29, 0.717) is 18.1 Å². The summed E-state index contributed by atoms with van der Waals surface area (Å²) in [4.78, 5) is 14.6. The fourth-order valence-corrected chi connectivity index (χ4v) is 4.10. The molecule has 136 valence electrons. The van der Waals surface area contributed by atoms with Gasteiger partial charge in [-0.25, -0.2) is 4.39 Å². The molecule has 2 aromatic rings. The van der Waals surface area contributed by atoms with Crippen LogP contribution >= 0.6 is 0 Å². The topological polar surface area (TPSA) is 29.5 Å². The molecule has 1 fully saturated rings. The maximum Gasteiger partial charge on any atom is 0.222 e. The van der Waals surface area contributed by atoms with E-state index >= 15 is 0 Å². The molecule has 1 amide bonds. The first-order valence-electron chi connectivity index (χ1n) is 9.44. The Bertz CT molecular complexity index is 741. The quantitative estimate of drug-likeness (QED) is 0.831. The number of carbonyl (C=O) groups excluding carboxylic acids is 1. The van der Waals surface area contributed by atoms with Gasteiger partial charge in [-0.2, -0.15) is 0 Å². The number of rotatable bonds is 4. The first-order chi connectivity index (χ1) is 12.7. The Kier molecular flexibility index (Phi) is 4.91. The SMILES string of the molecule is O=C(CC1Cc2ccccc2C1)N1CCC(Oc2ccc(F)cc2)CC1. The lowest BCUT2D eigenvalue weighted by molar-refractivity contribution is -0.133. The third-order valence-corrected chi connectivity index (χ3v) is 5.51. The van der Waals surface area contributed by atoms with E-state index in [-0.39, 0.29) is 17.8 Å². The predicted molar refractivity (Wildman–Crippen MR) is 98.6 cm³/mol. The van der Waals surface area contributed by atoms with Gasteiger partial charge in [0.25, 0.3) is 0 Å². The molecule has 4 rings (SSSR count). The zero-order valence-electron chi connectivity index (χ0n) is 14.9. The average Bonchev–Trinajstić information content (AvgIpc) is 3.06. The van der Waals surface area contributed by atoms with Crippen LogP contribution in [0.4, 0.5) is 4.39 Å². The number of fused-ring (bicyclic) bond motifs is 1. The van der Waals surface area contributed by atoms with E-state index in [2.05, 4.69) is 24.3 Å². The summed E-state index contributed by atoms with van der Waals surface area (Å²) in [5, 5.41) is 0. The fourth-order valence-electron chi connectivity index (χ4n) is 4.10. The molecular weight excluding hydrogens is 329 g/mol. The summed E-state index contributed by atoms with van der Waals surface area (Å²) < 4.78 is 18.9. The molecule has 3 nitrogen and oxygen atoms in total. The van der Waals surface area contributed by atoms with Crippen molar-refractivity contribution in [2.75, 3.05) is 13.1 Å². The number of nitrogens with zero attached hydrogens (tertiary/aromatic N) is 1. The van der Waals surface area contributed by atoms with E-state index < -0.39 is 0 Å². The molecule has 0 aromatic heterocycles. The van der Waals surface area contributed by atoms with Crippen LogP contribution in [0.25, 0.3) is 0 Å². The van der Waals surface area contributed by atoms with Gasteiger partial charge in [-0.1, -0.05) is 24.3 Å². The molecule has 4 heteroatoms. The van der Waals surface area contributed by atoms with Gasteiger partial charge in [0, 0.05) is 32.4 Å². The maximum atomic E-state index is 13.0. The Hall–Kier alpha value is -2.36. The monoisotopic (exact) mass is 353 g/mol. The number of carbonyl (C=O) groups is 1. The number of amides is 1. The van der Waals surface area contributed by atoms with E-state index in [9.17, 15) is 9.18 Å². The van der Waals surface area contributed by atoms with E-state index in [0.717, 1.165) is 38.8 Å². The highest BCUT2D eigenvalue weighted by atomic mass is 19.1. The van der Waals surface area contributed by atoms with Crippen LogP contribution in [0.3, 0.4) is 0 Å². The van der Waals surface area contributed by atoms with Crippen LogP contribution in [0.1, 0.15) is 30.4 Å². The zero-order valence-corrected chi connectivity index (χ0v) is 14.9. The van der Waals surface area contributed by atoms with Crippen LogP contribution in [-0.2, 0) is 17.6 Å². The van der Waals surface area contributed by atoms with Gasteiger partial charge in [-0.15, -0.1) is 0 Å². The minimum Gasteiger partial charge on any atom is -0.490 e. The molecule has 0 bridgehead atoms. The number of ether oxygens (including phenoxy) is 1. The Labute approximate surface area is 153 Å². The van der Waals surface area contributed by atoms with Crippen molar-refractivity contribution >= 4 is 5.91 Å². The summed E-state index contributed by atoms with van der Waals surface area (Å²) in [6.45, 7) is 1.48. The van der Waals surface area contributed by atoms with Crippen LogP contribution in [0.2, 0.25) is 0 Å². The smallest absolute Gasteiger partial charge is 0.222 e. The average molecular weight is 353 g/mol. The molecule has 0 atom stereocenters. The Morgan fingerprint density at radius 2 is 1.62 bits per heavy atom. The van der Waals surface area contributed by atoms with Crippen molar-refractivity contribution in [1.29, 1.82) is 0 Å². The van der Waals surface area contributed by atoms with Gasteiger partial charge in [0.05, 0.1) is 0 Å². The Balaban J connectivity index is 1.24. The van der Waals surface area contributed by atoms with Gasteiger partial charge >= 0.3 is 0 Å². The third kappa shape index (κ3) is 3.90. The predicted octanol–water partition coefficient (Wildman–Crippen LogP) is 4.00. The second-order valence-corrected chi connectivity index (χ2v) is 7.40. The van der Waals surface area contributed by atoms with Crippen molar-refractivity contribution in [3.63, 3.8) is 0 Å². The standard InChI is InChI=1S/C22H24FNO2/c23-19-5-7-20(8-6-19)26-21-9-11-24(12-10-21)22(25)15-16-13-17-3-1-2-4-18(17)14-16/h1-8,16,21H,9-15H2. The van der Waals surface area contributed by atoms with Crippen LogP contribution in [0.5, 0.6) is 5.75 Å². The second kappa shape index (κ2) is 7.48. The van der Waals surface area contributed by atoms with Crippen molar-refractivity contribution in [2.24, 2.45) is 5.92 Å². The Morgan fingerprint density at radius 3 is 2.23 bits per heavy atom. The number of piperidine rings is 1. The lowest BCUT2D eigenvalue weighted by Gasteiger charge is -2.32. The van der Waals surface area contributed by atoms with Crippen LogP contribution in [-0.4, -0.2) is 30.0 Å². The molecular formula is C22H24FNO2. The third-order valence-electron chi connectivity index (χ3n) is 5.51. The number of likely N-dealkylation sites (tertiary alicyclic amines) is 1. The number of hydrogen-bond donors (Lipinski definition) is 0. The van der Waals surface area contributed by atoms with E-state index in [4.69, 9.17) is 4.74 Å². The number of benzene rings is 2. The number of halogens is 1. The van der Waals surface area contributed by atoms with Crippen molar-refractivity contribution in [1.82, 2.24) is 4.90 Å². The first-order valence-corrected chi connectivity index (χ1v) is 9.44. The molecule has 2 aromatic carbocycles. The fraction of sp³-hybridized carbons (Fsp3) is 0.409. The largest absolute Gasteiger partial charge is 0.490 e. The molecule has 26 heavy (non-hydrogen) atoms. The zero-order chi connectivity index (χ0) is 17.9. The summed E-state index contributed by atoms with van der Waals surface area (Å²) in [7, 11) is 0. The molecule has 0 spiro atoms. The van der Waals surface area contributed by atoms with Crippen LogP contribution in [0.15, 0.2) is 48.5 Å². The van der Waals surface area contributed by atoms with E-state index in [1.807, 2.05) is 4.90 Å². The summed E-state index contributed by atoms with van der Waals surface area (Å²) in [6, 6.07) is 14.6. The van der Waals surface area contributed by atoms with Gasteiger partial charge < -0.3 is 9.64 Å². The van der Waals surface area contributed by atoms with E-state index in [1.54, 1.807) is 12.1 Å². The lowest BCUT2D eigenvalue weighted by atomic mass is 10.00. The van der Waals surface area contributed by atoms with E-state index in [1.165, 1.54) is 23.3 Å². The summed E-state index contributed by atoms with van der Waals surface area (Å²) >= 11 is 0. The van der Waals surface area contributed by atoms with Crippen LogP contribution < -0.4 is 4.74 Å². The minimum absolute atomic E-state index is 0.0975. The highest BCUT2D eigenvalue weighted by Gasteiger charge is 2.28. The molecule has 0 N–H and O–H groups in total. The van der Waals surface area contributed by atoms with Crippen LogP contribution in [0, 0.1) is 11.7 Å². The van der Waals surface area contributed by atoms with Gasteiger partial charge in [-0.3, -0.25) is 4.79 Å². The molecule has 0 unspecified atom stereocenters. The normalized spacial score (nSPS) is 18.0. The molecule has 1 saturated heterocycles. The molecule has 0 radical (unpaired) electrons. The summed E-state index contributed by atoms with van der Waals surface area (Å²) in [5.41, 5.74) is 2.80. The second-order valence-electron chi connectivity index (χ2n) is 7.40. The maximum absolute atomic E-state index is 13.0. The highest BCUT2D eigenvalue weighted by molar-refractivity contribution is 5.76. The molecule has 1 heterocycles. The van der Waals surface area contributed by atoms with Crippen molar-refractivity contribution in [2.45, 2.75) is 38.2 Å². The van der Waals surface area contributed by atoms with Gasteiger partial charge in [0.2, 0.25) is 5.91 Å². The van der Waals surface area contributed by atoms with Crippen molar-refractivity contribution in [3.8, 4) is 5.75 Å². The minimum atomic E-state index is -0.258.